The Morgan fingerprint density at radius 2 is 1.85 bits per heavy atom. The van der Waals surface area contributed by atoms with Crippen LogP contribution in [0.3, 0.4) is 0 Å². The van der Waals surface area contributed by atoms with Crippen LogP contribution < -0.4 is 10.0 Å². The van der Waals surface area contributed by atoms with Crippen molar-refractivity contribution in [2.75, 3.05) is 18.5 Å². The third-order valence-electron chi connectivity index (χ3n) is 3.80. The number of aliphatic hydroxyl groups excluding tert-OH is 1. The number of aromatic carboxylic acids is 1. The van der Waals surface area contributed by atoms with Crippen LogP contribution in [0.15, 0.2) is 53.4 Å². The van der Waals surface area contributed by atoms with Crippen molar-refractivity contribution in [2.45, 2.75) is 24.3 Å². The molecule has 0 saturated carbocycles. The predicted octanol–water partition coefficient (Wildman–Crippen LogP) is 2.22. The van der Waals surface area contributed by atoms with Crippen molar-refractivity contribution in [1.82, 2.24) is 4.72 Å². The van der Waals surface area contributed by atoms with Crippen LogP contribution in [0.2, 0.25) is 0 Å². The van der Waals surface area contributed by atoms with Crippen LogP contribution in [0, 0.1) is 0 Å². The Labute approximate surface area is 152 Å². The monoisotopic (exact) mass is 378 g/mol. The van der Waals surface area contributed by atoms with E-state index in [1.54, 1.807) is 19.1 Å². The summed E-state index contributed by atoms with van der Waals surface area (Å²) in [6.07, 6.45) is 0.439. The molecule has 0 saturated heterocycles. The van der Waals surface area contributed by atoms with Crippen LogP contribution in [0.1, 0.15) is 35.3 Å². The molecule has 0 radical (unpaired) electrons. The minimum Gasteiger partial charge on any atom is -0.478 e. The highest BCUT2D eigenvalue weighted by Gasteiger charge is 2.23. The lowest BCUT2D eigenvalue weighted by molar-refractivity contribution is 0.0696. The molecule has 7 nitrogen and oxygen atoms in total. The van der Waals surface area contributed by atoms with Crippen molar-refractivity contribution < 1.29 is 23.4 Å². The molecule has 8 heteroatoms. The fourth-order valence-electron chi connectivity index (χ4n) is 2.43. The number of anilines is 1. The molecule has 1 atom stereocenters. The minimum absolute atomic E-state index is 0.0361. The fraction of sp³-hybridized carbons (Fsp3) is 0.278. The van der Waals surface area contributed by atoms with Crippen molar-refractivity contribution in [1.29, 1.82) is 0 Å². The number of carboxylic acid groups (broad SMARTS) is 1. The van der Waals surface area contributed by atoms with Crippen molar-refractivity contribution in [2.24, 2.45) is 0 Å². The number of aliphatic hydroxyl groups is 1. The van der Waals surface area contributed by atoms with Crippen LogP contribution in [0.25, 0.3) is 0 Å². The molecule has 0 aromatic heterocycles. The molecule has 0 aliphatic heterocycles. The maximum absolute atomic E-state index is 12.9. The van der Waals surface area contributed by atoms with Gasteiger partial charge in [0.05, 0.1) is 11.3 Å². The Morgan fingerprint density at radius 3 is 2.46 bits per heavy atom. The summed E-state index contributed by atoms with van der Waals surface area (Å²) in [4.78, 5) is 11.1. The largest absolute Gasteiger partial charge is 0.478 e. The van der Waals surface area contributed by atoms with Gasteiger partial charge >= 0.3 is 5.97 Å². The number of benzene rings is 2. The van der Waals surface area contributed by atoms with E-state index >= 15 is 0 Å². The lowest BCUT2D eigenvalue weighted by Crippen LogP contribution is -2.28. The van der Waals surface area contributed by atoms with Crippen molar-refractivity contribution in [3.05, 3.63) is 59.7 Å². The first kappa shape index (κ1) is 19.9. The van der Waals surface area contributed by atoms with Crippen LogP contribution in [-0.4, -0.2) is 37.8 Å². The molecule has 0 bridgehead atoms. The number of sulfonamides is 1. The molecule has 0 aliphatic carbocycles. The molecule has 26 heavy (non-hydrogen) atoms. The van der Waals surface area contributed by atoms with E-state index in [1.807, 2.05) is 18.2 Å². The summed E-state index contributed by atoms with van der Waals surface area (Å²) in [5.41, 5.74) is 0.960. The first-order valence-electron chi connectivity index (χ1n) is 8.14. The molecule has 0 aliphatic rings. The Morgan fingerprint density at radius 1 is 1.15 bits per heavy atom. The van der Waals surface area contributed by atoms with Gasteiger partial charge in [0, 0.05) is 19.2 Å². The molecular weight excluding hydrogens is 356 g/mol. The Bertz CT molecular complexity index is 853. The predicted molar refractivity (Wildman–Crippen MR) is 98.8 cm³/mol. The smallest absolute Gasteiger partial charge is 0.335 e. The summed E-state index contributed by atoms with van der Waals surface area (Å²) in [5.74, 6) is -1.21. The van der Waals surface area contributed by atoms with Crippen LogP contribution in [0.5, 0.6) is 0 Å². The van der Waals surface area contributed by atoms with Gasteiger partial charge < -0.3 is 15.5 Å². The van der Waals surface area contributed by atoms with E-state index in [9.17, 15) is 18.3 Å². The third-order valence-corrected chi connectivity index (χ3v) is 5.38. The summed E-state index contributed by atoms with van der Waals surface area (Å²) >= 11 is 0. The highest BCUT2D eigenvalue weighted by molar-refractivity contribution is 7.89. The quantitative estimate of drug-likeness (QED) is 0.497. The molecule has 4 N–H and O–H groups in total. The van der Waals surface area contributed by atoms with Gasteiger partial charge in [-0.1, -0.05) is 30.3 Å². The number of nitrogens with one attached hydrogen (secondary N) is 2. The van der Waals surface area contributed by atoms with Gasteiger partial charge in [-0.2, -0.15) is 0 Å². The lowest BCUT2D eigenvalue weighted by Gasteiger charge is -2.18. The first-order valence-corrected chi connectivity index (χ1v) is 9.63. The van der Waals surface area contributed by atoms with Gasteiger partial charge in [-0.3, -0.25) is 0 Å². The molecule has 0 fully saturated rings. The number of hydrogen-bond donors (Lipinski definition) is 4. The number of carboxylic acids is 1. The van der Waals surface area contributed by atoms with E-state index in [4.69, 9.17) is 5.11 Å². The van der Waals surface area contributed by atoms with Crippen LogP contribution >= 0.6 is 0 Å². The number of rotatable bonds is 9. The molecule has 0 heterocycles. The summed E-state index contributed by atoms with van der Waals surface area (Å²) in [6.45, 7) is 2.04. The Balaban J connectivity index is 2.35. The van der Waals surface area contributed by atoms with Crippen molar-refractivity contribution in [3.63, 3.8) is 0 Å². The lowest BCUT2D eigenvalue weighted by atomic mass is 10.1. The minimum atomic E-state index is -3.97. The van der Waals surface area contributed by atoms with E-state index in [1.165, 1.54) is 12.1 Å². The van der Waals surface area contributed by atoms with Crippen LogP contribution in [0.4, 0.5) is 5.69 Å². The SMILES string of the molecule is C[C@@H](NS(=O)(=O)c1cc(C(=O)O)ccc1NCCCO)c1ccccc1. The standard InChI is InChI=1S/C18H22N2O5S/c1-13(14-6-3-2-4-7-14)20-26(24,25)17-12-15(18(22)23)8-9-16(17)19-10-5-11-21/h2-4,6-9,12-13,19-21H,5,10-11H2,1H3,(H,22,23)/t13-/m1/s1. The van der Waals surface area contributed by atoms with Gasteiger partial charge in [-0.05, 0) is 37.1 Å². The molecule has 0 amide bonds. The zero-order valence-electron chi connectivity index (χ0n) is 14.3. The zero-order valence-corrected chi connectivity index (χ0v) is 15.2. The molecule has 2 rings (SSSR count). The summed E-state index contributed by atoms with van der Waals surface area (Å²) in [5, 5.41) is 21.0. The van der Waals surface area contributed by atoms with E-state index < -0.39 is 22.0 Å². The average Bonchev–Trinajstić information content (AvgIpc) is 2.62. The topological polar surface area (TPSA) is 116 Å². The number of carbonyl (C=O) groups is 1. The second-order valence-electron chi connectivity index (χ2n) is 5.77. The van der Waals surface area contributed by atoms with Gasteiger partial charge in [-0.25, -0.2) is 17.9 Å². The van der Waals surface area contributed by atoms with Crippen molar-refractivity contribution >= 4 is 21.7 Å². The third kappa shape index (κ3) is 5.04. The molecule has 2 aromatic rings. The zero-order chi connectivity index (χ0) is 19.2. The Hall–Kier alpha value is -2.42. The van der Waals surface area contributed by atoms with E-state index in [0.717, 1.165) is 11.6 Å². The van der Waals surface area contributed by atoms with E-state index in [-0.39, 0.29) is 22.8 Å². The van der Waals surface area contributed by atoms with E-state index in [0.29, 0.717) is 13.0 Å². The maximum atomic E-state index is 12.9. The maximum Gasteiger partial charge on any atom is 0.335 e. The number of hydrogen-bond acceptors (Lipinski definition) is 5. The highest BCUT2D eigenvalue weighted by Crippen LogP contribution is 2.25. The molecule has 0 unspecified atom stereocenters. The first-order chi connectivity index (χ1) is 12.3. The van der Waals surface area contributed by atoms with Gasteiger partial charge in [0.1, 0.15) is 4.90 Å². The highest BCUT2D eigenvalue weighted by atomic mass is 32.2. The molecular formula is C18H22N2O5S. The molecule has 0 spiro atoms. The van der Waals surface area contributed by atoms with Gasteiger partial charge in [-0.15, -0.1) is 0 Å². The molecule has 140 valence electrons. The molecule has 2 aromatic carbocycles. The Kier molecular flexibility index (Phi) is 6.73. The average molecular weight is 378 g/mol. The van der Waals surface area contributed by atoms with Crippen molar-refractivity contribution in [3.8, 4) is 0 Å². The summed E-state index contributed by atoms with van der Waals surface area (Å²) in [6, 6.07) is 12.5. The van der Waals surface area contributed by atoms with E-state index in [2.05, 4.69) is 10.0 Å². The summed E-state index contributed by atoms with van der Waals surface area (Å²) in [7, 11) is -3.97. The summed E-state index contributed by atoms with van der Waals surface area (Å²) < 4.78 is 28.3. The van der Waals surface area contributed by atoms with Gasteiger partial charge in [0.25, 0.3) is 0 Å². The normalized spacial score (nSPS) is 12.5. The van der Waals surface area contributed by atoms with Crippen LogP contribution in [-0.2, 0) is 10.0 Å². The second kappa shape index (κ2) is 8.79. The second-order valence-corrected chi connectivity index (χ2v) is 7.46. The van der Waals surface area contributed by atoms with Gasteiger partial charge in [0.2, 0.25) is 10.0 Å². The fourth-order valence-corrected chi connectivity index (χ4v) is 3.87. The van der Waals surface area contributed by atoms with Gasteiger partial charge in [0.15, 0.2) is 0 Å².